The summed E-state index contributed by atoms with van der Waals surface area (Å²) in [5.41, 5.74) is -0.857. The van der Waals surface area contributed by atoms with Crippen molar-refractivity contribution < 1.29 is 40.1 Å². The normalized spacial score (nSPS) is 12.0. The number of esters is 1. The van der Waals surface area contributed by atoms with Gasteiger partial charge in [-0.3, -0.25) is 9.29 Å². The number of amides is 1. The molecule has 2 heterocycles. The summed E-state index contributed by atoms with van der Waals surface area (Å²) in [6.07, 6.45) is 1.29. The lowest BCUT2D eigenvalue weighted by atomic mass is 10.2. The van der Waals surface area contributed by atoms with Gasteiger partial charge in [-0.05, 0) is 51.3 Å². The molecule has 0 unspecified atom stereocenters. The van der Waals surface area contributed by atoms with Crippen LogP contribution in [0.15, 0.2) is 48.7 Å². The first-order valence-electron chi connectivity index (χ1n) is 12.9. The molecule has 0 radical (unpaired) electrons. The SMILES string of the molecule is COC(=O)c1nc(N(C)S(=O)(=O)CCCCNC(=O)OC(C)(C)C)c2cccnc2c1OS(=O)(=O)Cc1ccccc1. The molecule has 0 atom stereocenters. The average Bonchev–Trinajstić information content (AvgIpc) is 2.91. The molecule has 0 aliphatic rings. The predicted octanol–water partition coefficient (Wildman–Crippen LogP) is 3.40. The summed E-state index contributed by atoms with van der Waals surface area (Å²) in [4.78, 5) is 32.9. The highest BCUT2D eigenvalue weighted by Gasteiger charge is 2.30. The number of benzene rings is 1. The number of sulfonamides is 1. The number of pyridine rings is 2. The Morgan fingerprint density at radius 3 is 2.33 bits per heavy atom. The molecule has 0 bridgehead atoms. The topological polar surface area (TPSA) is 171 Å². The Labute approximate surface area is 245 Å². The Morgan fingerprint density at radius 1 is 1.00 bits per heavy atom. The fraction of sp³-hybridized carbons (Fsp3) is 0.407. The molecule has 2 aromatic heterocycles. The molecule has 3 aromatic rings. The standard InChI is InChI=1S/C27H34N4O9S2/c1-27(2,3)39-26(33)29-15-9-10-17-41(34,35)31(4)24-20-14-11-16-28-21(20)23(22(30-24)25(32)38-5)40-42(36,37)18-19-12-7-6-8-13-19/h6-8,11-14,16H,9-10,15,17-18H2,1-5H3,(H,29,33). The first-order chi connectivity index (χ1) is 19.6. The van der Waals surface area contributed by atoms with E-state index < -0.39 is 55.0 Å². The summed E-state index contributed by atoms with van der Waals surface area (Å²) in [7, 11) is -5.95. The minimum Gasteiger partial charge on any atom is -0.464 e. The lowest BCUT2D eigenvalue weighted by molar-refractivity contribution is 0.0525. The molecule has 228 valence electrons. The highest BCUT2D eigenvalue weighted by atomic mass is 32.2. The van der Waals surface area contributed by atoms with Crippen LogP contribution < -0.4 is 13.8 Å². The number of methoxy groups -OCH3 is 1. The number of nitrogens with one attached hydrogen (secondary N) is 1. The van der Waals surface area contributed by atoms with Gasteiger partial charge in [0.15, 0.2) is 11.5 Å². The number of nitrogens with zero attached hydrogens (tertiary/aromatic N) is 3. The van der Waals surface area contributed by atoms with E-state index in [0.717, 1.165) is 11.4 Å². The average molecular weight is 623 g/mol. The third-order valence-corrected chi connectivity index (χ3v) is 8.60. The van der Waals surface area contributed by atoms with E-state index in [9.17, 15) is 26.4 Å². The number of carbonyl (C=O) groups is 2. The maximum absolute atomic E-state index is 13.2. The van der Waals surface area contributed by atoms with Crippen molar-refractivity contribution in [3.63, 3.8) is 0 Å². The Hall–Kier alpha value is -3.98. The van der Waals surface area contributed by atoms with Crippen LogP contribution in [-0.2, 0) is 35.4 Å². The van der Waals surface area contributed by atoms with Crippen LogP contribution in [0.3, 0.4) is 0 Å². The first kappa shape index (κ1) is 32.5. The predicted molar refractivity (Wildman–Crippen MR) is 156 cm³/mol. The minimum atomic E-state index is -4.30. The van der Waals surface area contributed by atoms with Gasteiger partial charge in [-0.25, -0.2) is 23.0 Å². The number of ether oxygens (including phenoxy) is 2. The largest absolute Gasteiger partial charge is 0.464 e. The summed E-state index contributed by atoms with van der Waals surface area (Å²) in [5.74, 6) is -2.50. The smallest absolute Gasteiger partial charge is 0.407 e. The van der Waals surface area contributed by atoms with Crippen LogP contribution in [0, 0.1) is 0 Å². The van der Waals surface area contributed by atoms with Crippen LogP contribution >= 0.6 is 0 Å². The molecule has 1 amide bonds. The van der Waals surface area contributed by atoms with Gasteiger partial charge in [0.2, 0.25) is 15.8 Å². The van der Waals surface area contributed by atoms with E-state index in [1.165, 1.54) is 25.4 Å². The van der Waals surface area contributed by atoms with Crippen LogP contribution in [0.4, 0.5) is 10.6 Å². The summed E-state index contributed by atoms with van der Waals surface area (Å²) >= 11 is 0. The van der Waals surface area contributed by atoms with Crippen LogP contribution in [0.2, 0.25) is 0 Å². The van der Waals surface area contributed by atoms with Crippen molar-refractivity contribution in [2.75, 3.05) is 30.8 Å². The molecule has 3 rings (SSSR count). The van der Waals surface area contributed by atoms with Crippen molar-refractivity contribution in [3.8, 4) is 5.75 Å². The quantitative estimate of drug-likeness (QED) is 0.178. The molecule has 0 aliphatic heterocycles. The number of anilines is 1. The van der Waals surface area contributed by atoms with E-state index in [1.807, 2.05) is 0 Å². The van der Waals surface area contributed by atoms with Crippen molar-refractivity contribution in [2.45, 2.75) is 45.0 Å². The van der Waals surface area contributed by atoms with E-state index in [0.29, 0.717) is 12.0 Å². The molecule has 0 spiro atoms. The summed E-state index contributed by atoms with van der Waals surface area (Å²) in [6.45, 7) is 5.40. The second kappa shape index (κ2) is 13.3. The molecule has 0 aliphatic carbocycles. The number of rotatable bonds is 12. The minimum absolute atomic E-state index is 0.0943. The summed E-state index contributed by atoms with van der Waals surface area (Å²) in [5, 5.41) is 2.70. The number of hydrogen-bond donors (Lipinski definition) is 1. The van der Waals surface area contributed by atoms with Gasteiger partial charge in [-0.1, -0.05) is 30.3 Å². The van der Waals surface area contributed by atoms with Crippen LogP contribution in [0.1, 0.15) is 49.7 Å². The van der Waals surface area contributed by atoms with Gasteiger partial charge in [-0.15, -0.1) is 0 Å². The highest BCUT2D eigenvalue weighted by Crippen LogP contribution is 2.35. The maximum atomic E-state index is 13.2. The molecular formula is C27H34N4O9S2. The van der Waals surface area contributed by atoms with E-state index in [-0.39, 0.29) is 35.4 Å². The molecule has 0 saturated heterocycles. The molecule has 0 fully saturated rings. The Bertz CT molecular complexity index is 1640. The van der Waals surface area contributed by atoms with Crippen molar-refractivity contribution >= 4 is 48.9 Å². The zero-order valence-corrected chi connectivity index (χ0v) is 25.6. The third kappa shape index (κ3) is 8.76. The van der Waals surface area contributed by atoms with Gasteiger partial charge in [0.05, 0.1) is 12.9 Å². The van der Waals surface area contributed by atoms with Crippen molar-refractivity contribution in [2.24, 2.45) is 0 Å². The van der Waals surface area contributed by atoms with Crippen molar-refractivity contribution in [1.82, 2.24) is 15.3 Å². The fourth-order valence-electron chi connectivity index (χ4n) is 3.77. The molecular weight excluding hydrogens is 588 g/mol. The van der Waals surface area contributed by atoms with E-state index in [2.05, 4.69) is 15.3 Å². The van der Waals surface area contributed by atoms with Gasteiger partial charge >= 0.3 is 22.2 Å². The van der Waals surface area contributed by atoms with Gasteiger partial charge in [0, 0.05) is 25.2 Å². The number of aromatic nitrogens is 2. The highest BCUT2D eigenvalue weighted by molar-refractivity contribution is 7.92. The van der Waals surface area contributed by atoms with E-state index in [4.69, 9.17) is 13.7 Å². The number of hydrogen-bond acceptors (Lipinski definition) is 11. The van der Waals surface area contributed by atoms with Crippen LogP contribution in [0.25, 0.3) is 10.9 Å². The Balaban J connectivity index is 1.88. The molecule has 13 nitrogen and oxygen atoms in total. The van der Waals surface area contributed by atoms with E-state index in [1.54, 1.807) is 51.1 Å². The summed E-state index contributed by atoms with van der Waals surface area (Å²) in [6, 6.07) is 11.3. The van der Waals surface area contributed by atoms with Crippen LogP contribution in [0.5, 0.6) is 5.75 Å². The third-order valence-electron chi connectivity index (χ3n) is 5.68. The van der Waals surface area contributed by atoms with Crippen molar-refractivity contribution in [1.29, 1.82) is 0 Å². The fourth-order valence-corrected chi connectivity index (χ4v) is 6.08. The molecule has 15 heteroatoms. The zero-order valence-electron chi connectivity index (χ0n) is 24.0. The second-order valence-electron chi connectivity index (χ2n) is 10.2. The second-order valence-corrected chi connectivity index (χ2v) is 13.9. The first-order valence-corrected chi connectivity index (χ1v) is 16.1. The Morgan fingerprint density at radius 2 is 1.69 bits per heavy atom. The van der Waals surface area contributed by atoms with Gasteiger partial charge in [0.1, 0.15) is 16.9 Å². The number of alkyl carbamates (subject to hydrolysis) is 1. The zero-order chi connectivity index (χ0) is 31.1. The lowest BCUT2D eigenvalue weighted by Gasteiger charge is -2.22. The van der Waals surface area contributed by atoms with Gasteiger partial charge in [0.25, 0.3) is 0 Å². The number of carbonyl (C=O) groups excluding carboxylic acids is 2. The number of fused-ring (bicyclic) bond motifs is 1. The van der Waals surface area contributed by atoms with Gasteiger partial charge in [-0.2, -0.15) is 8.42 Å². The van der Waals surface area contributed by atoms with Crippen LogP contribution in [-0.4, -0.2) is 70.9 Å². The van der Waals surface area contributed by atoms with Crippen molar-refractivity contribution in [3.05, 3.63) is 59.9 Å². The monoisotopic (exact) mass is 622 g/mol. The van der Waals surface area contributed by atoms with Gasteiger partial charge < -0.3 is 19.0 Å². The molecule has 42 heavy (non-hydrogen) atoms. The molecule has 1 aromatic carbocycles. The molecule has 1 N–H and O–H groups in total. The van der Waals surface area contributed by atoms with E-state index >= 15 is 0 Å². The Kier molecular flexibility index (Phi) is 10.3. The number of unbranched alkanes of at least 4 members (excludes halogenated alkanes) is 1. The maximum Gasteiger partial charge on any atom is 0.407 e. The lowest BCUT2D eigenvalue weighted by Crippen LogP contribution is -2.33. The summed E-state index contributed by atoms with van der Waals surface area (Å²) < 4.78 is 68.6. The molecule has 0 saturated carbocycles.